The fraction of sp³-hybridized carbons (Fsp3) is 0.357. The molecule has 3 heteroatoms. The minimum Gasteiger partial charge on any atom is -0.314 e. The lowest BCUT2D eigenvalue weighted by molar-refractivity contribution is 0.622. The van der Waals surface area contributed by atoms with Gasteiger partial charge in [0, 0.05) is 12.7 Å². The minimum atomic E-state index is 0.841. The predicted octanol–water partition coefficient (Wildman–Crippen LogP) is 2.21. The van der Waals surface area contributed by atoms with Crippen LogP contribution >= 0.6 is 0 Å². The Kier molecular flexibility index (Phi) is 3.94. The van der Waals surface area contributed by atoms with Crippen molar-refractivity contribution in [2.24, 2.45) is 0 Å². The molecule has 2 rings (SSSR count). The van der Waals surface area contributed by atoms with Gasteiger partial charge in [0.15, 0.2) is 0 Å². The van der Waals surface area contributed by atoms with Crippen molar-refractivity contribution < 1.29 is 0 Å². The van der Waals surface area contributed by atoms with E-state index in [2.05, 4.69) is 47.7 Å². The molecule has 0 saturated heterocycles. The maximum absolute atomic E-state index is 4.35. The molecule has 0 spiro atoms. The van der Waals surface area contributed by atoms with Gasteiger partial charge in [-0.25, -0.2) is 0 Å². The van der Waals surface area contributed by atoms with Crippen LogP contribution in [0.3, 0.4) is 0 Å². The van der Waals surface area contributed by atoms with Gasteiger partial charge in [0.2, 0.25) is 0 Å². The van der Waals surface area contributed by atoms with Crippen LogP contribution in [0.1, 0.15) is 23.7 Å². The van der Waals surface area contributed by atoms with Gasteiger partial charge in [-0.15, -0.1) is 0 Å². The third kappa shape index (κ3) is 2.94. The molecule has 0 aliphatic carbocycles. The van der Waals surface area contributed by atoms with Gasteiger partial charge in [-0.1, -0.05) is 31.2 Å². The monoisotopic (exact) mass is 229 g/mol. The van der Waals surface area contributed by atoms with Gasteiger partial charge >= 0.3 is 0 Å². The second-order valence-corrected chi connectivity index (χ2v) is 4.18. The molecule has 0 atom stereocenters. The molecule has 1 N–H and O–H groups in total. The van der Waals surface area contributed by atoms with Crippen LogP contribution in [0.15, 0.2) is 36.5 Å². The first-order valence-electron chi connectivity index (χ1n) is 6.06. The van der Waals surface area contributed by atoms with Crippen molar-refractivity contribution in [3.05, 3.63) is 53.3 Å². The quantitative estimate of drug-likeness (QED) is 0.852. The number of rotatable bonds is 5. The fourth-order valence-corrected chi connectivity index (χ4v) is 1.89. The van der Waals surface area contributed by atoms with E-state index in [1.807, 2.05) is 17.9 Å². The Morgan fingerprint density at radius 1 is 1.12 bits per heavy atom. The van der Waals surface area contributed by atoms with Crippen molar-refractivity contribution in [2.75, 3.05) is 7.05 Å². The van der Waals surface area contributed by atoms with Crippen LogP contribution in [0.2, 0.25) is 0 Å². The Hall–Kier alpha value is -1.61. The van der Waals surface area contributed by atoms with Gasteiger partial charge in [-0.2, -0.15) is 5.10 Å². The number of nitrogens with one attached hydrogen (secondary N) is 1. The van der Waals surface area contributed by atoms with E-state index in [0.717, 1.165) is 19.5 Å². The zero-order valence-electron chi connectivity index (χ0n) is 10.5. The van der Waals surface area contributed by atoms with E-state index in [9.17, 15) is 0 Å². The molecule has 0 aliphatic heterocycles. The van der Waals surface area contributed by atoms with E-state index in [0.29, 0.717) is 0 Å². The van der Waals surface area contributed by atoms with Gasteiger partial charge in [-0.3, -0.25) is 4.68 Å². The molecule has 0 fully saturated rings. The molecule has 1 heterocycles. The van der Waals surface area contributed by atoms with Crippen LogP contribution in [0.5, 0.6) is 0 Å². The summed E-state index contributed by atoms with van der Waals surface area (Å²) < 4.78 is 2.04. The summed E-state index contributed by atoms with van der Waals surface area (Å²) in [4.78, 5) is 0. The zero-order valence-corrected chi connectivity index (χ0v) is 10.5. The zero-order chi connectivity index (χ0) is 12.1. The smallest absolute Gasteiger partial charge is 0.0663 e. The Morgan fingerprint density at radius 3 is 2.47 bits per heavy atom. The fourth-order valence-electron chi connectivity index (χ4n) is 1.89. The van der Waals surface area contributed by atoms with Gasteiger partial charge in [-0.05, 0) is 30.7 Å². The highest BCUT2D eigenvalue weighted by molar-refractivity contribution is 5.23. The highest BCUT2D eigenvalue weighted by Gasteiger charge is 2.02. The summed E-state index contributed by atoms with van der Waals surface area (Å²) in [6.45, 7) is 3.87. The second kappa shape index (κ2) is 5.64. The lowest BCUT2D eigenvalue weighted by Crippen LogP contribution is -2.12. The molecular weight excluding hydrogens is 210 g/mol. The number of benzene rings is 1. The van der Waals surface area contributed by atoms with E-state index < -0.39 is 0 Å². The van der Waals surface area contributed by atoms with E-state index in [1.165, 1.54) is 16.8 Å². The first-order valence-corrected chi connectivity index (χ1v) is 6.06. The molecule has 0 radical (unpaired) electrons. The molecule has 0 saturated carbocycles. The van der Waals surface area contributed by atoms with E-state index in [1.54, 1.807) is 0 Å². The molecule has 3 nitrogen and oxygen atoms in total. The number of hydrogen-bond donors (Lipinski definition) is 1. The maximum atomic E-state index is 4.35. The molecule has 0 unspecified atom stereocenters. The average Bonchev–Trinajstić information content (AvgIpc) is 2.78. The van der Waals surface area contributed by atoms with E-state index in [-0.39, 0.29) is 0 Å². The van der Waals surface area contributed by atoms with E-state index in [4.69, 9.17) is 0 Å². The van der Waals surface area contributed by atoms with Gasteiger partial charge in [0.1, 0.15) is 0 Å². The molecule has 17 heavy (non-hydrogen) atoms. The first-order chi connectivity index (χ1) is 8.33. The third-order valence-corrected chi connectivity index (χ3v) is 2.93. The van der Waals surface area contributed by atoms with Crippen LogP contribution in [0, 0.1) is 0 Å². The van der Waals surface area contributed by atoms with Gasteiger partial charge in [0.05, 0.1) is 12.2 Å². The number of hydrogen-bond acceptors (Lipinski definition) is 2. The summed E-state index contributed by atoms with van der Waals surface area (Å²) in [5.74, 6) is 0. The van der Waals surface area contributed by atoms with E-state index >= 15 is 0 Å². The van der Waals surface area contributed by atoms with Crippen LogP contribution < -0.4 is 5.32 Å². The summed E-state index contributed by atoms with van der Waals surface area (Å²) in [6.07, 6.45) is 2.94. The third-order valence-electron chi connectivity index (χ3n) is 2.93. The Bertz CT molecular complexity index is 457. The van der Waals surface area contributed by atoms with Crippen molar-refractivity contribution in [2.45, 2.75) is 26.4 Å². The Balaban J connectivity index is 2.10. The van der Waals surface area contributed by atoms with Gasteiger partial charge in [0.25, 0.3) is 0 Å². The lowest BCUT2D eigenvalue weighted by atomic mass is 10.1. The minimum absolute atomic E-state index is 0.841. The molecule has 2 aromatic rings. The molecule has 1 aromatic heterocycles. The molecule has 0 amide bonds. The first kappa shape index (κ1) is 11.9. The lowest BCUT2D eigenvalue weighted by Gasteiger charge is -2.07. The predicted molar refractivity (Wildman–Crippen MR) is 69.9 cm³/mol. The van der Waals surface area contributed by atoms with Crippen molar-refractivity contribution in [3.63, 3.8) is 0 Å². The maximum Gasteiger partial charge on any atom is 0.0663 e. The Morgan fingerprint density at radius 2 is 1.82 bits per heavy atom. The number of aryl methyl sites for hydroxylation is 1. The van der Waals surface area contributed by atoms with Crippen LogP contribution in [-0.2, 0) is 19.5 Å². The standard InChI is InChI=1S/C14H19N3/c1-3-12-4-6-13(7-5-12)11-17-14(10-15-2)8-9-16-17/h4-9,15H,3,10-11H2,1-2H3. The van der Waals surface area contributed by atoms with Crippen molar-refractivity contribution in [1.82, 2.24) is 15.1 Å². The van der Waals surface area contributed by atoms with Crippen LogP contribution in [0.4, 0.5) is 0 Å². The van der Waals surface area contributed by atoms with Crippen molar-refractivity contribution in [3.8, 4) is 0 Å². The topological polar surface area (TPSA) is 29.9 Å². The van der Waals surface area contributed by atoms with Gasteiger partial charge < -0.3 is 5.32 Å². The largest absolute Gasteiger partial charge is 0.314 e. The summed E-state index contributed by atoms with van der Waals surface area (Å²) in [7, 11) is 1.95. The molecular formula is C14H19N3. The average molecular weight is 229 g/mol. The molecule has 0 aliphatic rings. The molecule has 90 valence electrons. The van der Waals surface area contributed by atoms with Crippen molar-refractivity contribution >= 4 is 0 Å². The number of aromatic nitrogens is 2. The Labute approximate surface area is 102 Å². The van der Waals surface area contributed by atoms with Crippen molar-refractivity contribution in [1.29, 1.82) is 0 Å². The second-order valence-electron chi connectivity index (χ2n) is 4.18. The SMILES string of the molecule is CCc1ccc(Cn2nccc2CNC)cc1. The van der Waals surface area contributed by atoms with Crippen LogP contribution in [0.25, 0.3) is 0 Å². The highest BCUT2D eigenvalue weighted by atomic mass is 15.3. The summed E-state index contributed by atoms with van der Waals surface area (Å²) in [6, 6.07) is 10.8. The summed E-state index contributed by atoms with van der Waals surface area (Å²) in [5, 5.41) is 7.50. The highest BCUT2D eigenvalue weighted by Crippen LogP contribution is 2.08. The number of nitrogens with zero attached hydrogens (tertiary/aromatic N) is 2. The molecule has 0 bridgehead atoms. The summed E-state index contributed by atoms with van der Waals surface area (Å²) in [5.41, 5.74) is 3.89. The molecule has 1 aromatic carbocycles. The van der Waals surface area contributed by atoms with Crippen LogP contribution in [-0.4, -0.2) is 16.8 Å². The normalized spacial score (nSPS) is 10.7. The summed E-state index contributed by atoms with van der Waals surface area (Å²) >= 11 is 0.